The molecule has 0 atom stereocenters. The SMILES string of the molecule is CCc1ccc(C(=O)N2CCN(Cc3cn(C)nc3C)CC2)cc1. The van der Waals surface area contributed by atoms with Gasteiger partial charge >= 0.3 is 0 Å². The van der Waals surface area contributed by atoms with Gasteiger partial charge in [-0.15, -0.1) is 0 Å². The van der Waals surface area contributed by atoms with E-state index in [-0.39, 0.29) is 5.91 Å². The third kappa shape index (κ3) is 3.67. The zero-order valence-electron chi connectivity index (χ0n) is 14.8. The lowest BCUT2D eigenvalue weighted by molar-refractivity contribution is 0.0628. The molecule has 2 aromatic rings. The molecule has 128 valence electrons. The minimum absolute atomic E-state index is 0.148. The summed E-state index contributed by atoms with van der Waals surface area (Å²) in [4.78, 5) is 17.0. The molecule has 0 bridgehead atoms. The van der Waals surface area contributed by atoms with Crippen LogP contribution in [0.5, 0.6) is 0 Å². The van der Waals surface area contributed by atoms with Crippen molar-refractivity contribution in [3.8, 4) is 0 Å². The number of aromatic nitrogens is 2. The standard InChI is InChI=1S/C19H26N4O/c1-4-16-5-7-17(8-6-16)19(24)23-11-9-22(10-12-23)14-18-13-21(3)20-15(18)2/h5-8,13H,4,9-12,14H2,1-3H3. The maximum absolute atomic E-state index is 12.6. The average Bonchev–Trinajstić information content (AvgIpc) is 2.92. The summed E-state index contributed by atoms with van der Waals surface area (Å²) in [5.74, 6) is 0.148. The smallest absolute Gasteiger partial charge is 0.253 e. The van der Waals surface area contributed by atoms with Crippen molar-refractivity contribution in [1.29, 1.82) is 0 Å². The number of hydrogen-bond donors (Lipinski definition) is 0. The summed E-state index contributed by atoms with van der Waals surface area (Å²) in [6, 6.07) is 8.00. The molecule has 5 heteroatoms. The van der Waals surface area contributed by atoms with Crippen LogP contribution in [0.3, 0.4) is 0 Å². The Labute approximate surface area is 143 Å². The van der Waals surface area contributed by atoms with Gasteiger partial charge in [-0.2, -0.15) is 5.10 Å². The lowest BCUT2D eigenvalue weighted by atomic mass is 10.1. The number of amides is 1. The molecule has 3 rings (SSSR count). The van der Waals surface area contributed by atoms with Crippen molar-refractivity contribution >= 4 is 5.91 Å². The van der Waals surface area contributed by atoms with Gasteiger partial charge in [-0.25, -0.2) is 0 Å². The maximum atomic E-state index is 12.6. The van der Waals surface area contributed by atoms with Crippen LogP contribution in [-0.2, 0) is 20.0 Å². The highest BCUT2D eigenvalue weighted by molar-refractivity contribution is 5.94. The van der Waals surface area contributed by atoms with Crippen molar-refractivity contribution < 1.29 is 4.79 Å². The summed E-state index contributed by atoms with van der Waals surface area (Å²) in [5.41, 5.74) is 4.42. The second-order valence-corrected chi connectivity index (χ2v) is 6.53. The average molecular weight is 326 g/mol. The van der Waals surface area contributed by atoms with Gasteiger partial charge in [-0.3, -0.25) is 14.4 Å². The van der Waals surface area contributed by atoms with E-state index in [1.807, 2.05) is 28.8 Å². The van der Waals surface area contributed by atoms with Crippen molar-refractivity contribution in [3.05, 3.63) is 52.8 Å². The molecule has 24 heavy (non-hydrogen) atoms. The first-order valence-corrected chi connectivity index (χ1v) is 8.66. The van der Waals surface area contributed by atoms with E-state index < -0.39 is 0 Å². The minimum atomic E-state index is 0.148. The topological polar surface area (TPSA) is 41.4 Å². The number of nitrogens with zero attached hydrogens (tertiary/aromatic N) is 4. The second kappa shape index (κ2) is 7.18. The Bertz CT molecular complexity index is 697. The Morgan fingerprint density at radius 2 is 1.79 bits per heavy atom. The van der Waals surface area contributed by atoms with Crippen LogP contribution in [0.25, 0.3) is 0 Å². The molecule has 5 nitrogen and oxygen atoms in total. The van der Waals surface area contributed by atoms with Crippen LogP contribution >= 0.6 is 0 Å². The lowest BCUT2D eigenvalue weighted by Crippen LogP contribution is -2.48. The normalized spacial score (nSPS) is 15.7. The van der Waals surface area contributed by atoms with E-state index in [1.54, 1.807) is 0 Å². The lowest BCUT2D eigenvalue weighted by Gasteiger charge is -2.34. The molecule has 0 saturated carbocycles. The van der Waals surface area contributed by atoms with Crippen LogP contribution in [0.15, 0.2) is 30.5 Å². The first-order valence-electron chi connectivity index (χ1n) is 8.66. The molecule has 0 N–H and O–H groups in total. The highest BCUT2D eigenvalue weighted by Crippen LogP contribution is 2.14. The van der Waals surface area contributed by atoms with Crippen LogP contribution in [0.1, 0.15) is 34.1 Å². The fourth-order valence-electron chi connectivity index (χ4n) is 3.22. The molecular weight excluding hydrogens is 300 g/mol. The van der Waals surface area contributed by atoms with Gasteiger partial charge in [0.15, 0.2) is 0 Å². The van der Waals surface area contributed by atoms with Crippen LogP contribution in [0, 0.1) is 6.92 Å². The van der Waals surface area contributed by atoms with Crippen molar-refractivity contribution in [1.82, 2.24) is 19.6 Å². The van der Waals surface area contributed by atoms with Gasteiger partial charge in [0.1, 0.15) is 0 Å². The minimum Gasteiger partial charge on any atom is -0.336 e. The van der Waals surface area contributed by atoms with E-state index in [4.69, 9.17) is 0 Å². The monoisotopic (exact) mass is 326 g/mol. The quantitative estimate of drug-likeness (QED) is 0.865. The van der Waals surface area contributed by atoms with Crippen molar-refractivity contribution in [2.24, 2.45) is 7.05 Å². The molecule has 0 aliphatic carbocycles. The van der Waals surface area contributed by atoms with E-state index in [0.29, 0.717) is 0 Å². The van der Waals surface area contributed by atoms with Crippen LogP contribution < -0.4 is 0 Å². The highest BCUT2D eigenvalue weighted by atomic mass is 16.2. The van der Waals surface area contributed by atoms with E-state index in [0.717, 1.165) is 50.4 Å². The molecular formula is C19H26N4O. The number of piperazine rings is 1. The van der Waals surface area contributed by atoms with Crippen LogP contribution in [0.4, 0.5) is 0 Å². The van der Waals surface area contributed by atoms with Crippen molar-refractivity contribution in [2.75, 3.05) is 26.2 Å². The molecule has 2 heterocycles. The van der Waals surface area contributed by atoms with Gasteiger partial charge in [0.05, 0.1) is 5.69 Å². The third-order valence-corrected chi connectivity index (χ3v) is 4.78. The molecule has 1 saturated heterocycles. The first kappa shape index (κ1) is 16.7. The van der Waals surface area contributed by atoms with Gasteiger partial charge in [0.25, 0.3) is 5.91 Å². The van der Waals surface area contributed by atoms with E-state index >= 15 is 0 Å². The zero-order valence-corrected chi connectivity index (χ0v) is 14.8. The third-order valence-electron chi connectivity index (χ3n) is 4.78. The fraction of sp³-hybridized carbons (Fsp3) is 0.474. The Hall–Kier alpha value is -2.14. The molecule has 1 fully saturated rings. The van der Waals surface area contributed by atoms with Gasteiger partial charge in [0, 0.05) is 57.1 Å². The molecule has 1 aliphatic heterocycles. The maximum Gasteiger partial charge on any atom is 0.253 e. The zero-order chi connectivity index (χ0) is 17.1. The number of rotatable bonds is 4. The summed E-state index contributed by atoms with van der Waals surface area (Å²) >= 11 is 0. The van der Waals surface area contributed by atoms with Gasteiger partial charge in [-0.1, -0.05) is 19.1 Å². The molecule has 0 spiro atoms. The van der Waals surface area contributed by atoms with Crippen molar-refractivity contribution in [2.45, 2.75) is 26.8 Å². The summed E-state index contributed by atoms with van der Waals surface area (Å²) in [6.45, 7) is 8.48. The van der Waals surface area contributed by atoms with Gasteiger partial charge in [-0.05, 0) is 31.0 Å². The molecule has 0 unspecified atom stereocenters. The predicted octanol–water partition coefficient (Wildman–Crippen LogP) is 2.25. The Balaban J connectivity index is 1.56. The fourth-order valence-corrected chi connectivity index (χ4v) is 3.22. The molecule has 1 aromatic carbocycles. The van der Waals surface area contributed by atoms with E-state index in [9.17, 15) is 4.79 Å². The molecule has 0 radical (unpaired) electrons. The van der Waals surface area contributed by atoms with E-state index in [2.05, 4.69) is 42.2 Å². The summed E-state index contributed by atoms with van der Waals surface area (Å²) in [5, 5.41) is 4.40. The molecule has 1 amide bonds. The molecule has 1 aromatic heterocycles. The summed E-state index contributed by atoms with van der Waals surface area (Å²) < 4.78 is 1.87. The Morgan fingerprint density at radius 1 is 1.12 bits per heavy atom. The van der Waals surface area contributed by atoms with Crippen LogP contribution in [-0.4, -0.2) is 51.7 Å². The largest absolute Gasteiger partial charge is 0.336 e. The summed E-state index contributed by atoms with van der Waals surface area (Å²) in [6.07, 6.45) is 3.09. The van der Waals surface area contributed by atoms with Gasteiger partial charge < -0.3 is 4.90 Å². The molecule has 1 aliphatic rings. The highest BCUT2D eigenvalue weighted by Gasteiger charge is 2.22. The number of hydrogen-bond acceptors (Lipinski definition) is 3. The number of carbonyl (C=O) groups is 1. The first-order chi connectivity index (χ1) is 11.6. The number of benzene rings is 1. The number of aryl methyl sites for hydroxylation is 3. The van der Waals surface area contributed by atoms with Crippen molar-refractivity contribution in [3.63, 3.8) is 0 Å². The van der Waals surface area contributed by atoms with Gasteiger partial charge in [0.2, 0.25) is 0 Å². The Morgan fingerprint density at radius 3 is 2.33 bits per heavy atom. The summed E-state index contributed by atoms with van der Waals surface area (Å²) in [7, 11) is 1.96. The Kier molecular flexibility index (Phi) is 5.00. The van der Waals surface area contributed by atoms with E-state index in [1.165, 1.54) is 11.1 Å². The van der Waals surface area contributed by atoms with Crippen LogP contribution in [0.2, 0.25) is 0 Å². The second-order valence-electron chi connectivity index (χ2n) is 6.53. The number of carbonyl (C=O) groups excluding carboxylic acids is 1. The predicted molar refractivity (Wildman–Crippen MR) is 94.9 cm³/mol.